The maximum absolute atomic E-state index is 12.1. The molecule has 0 aliphatic carbocycles. The number of nitrogens with one attached hydrogen (secondary N) is 1. The van der Waals surface area contributed by atoms with E-state index < -0.39 is 17.5 Å². The number of aliphatic hydroxyl groups excluding tert-OH is 1. The first-order chi connectivity index (χ1) is 12.4. The minimum Gasteiger partial charge on any atom is -0.481 e. The molecule has 1 fully saturated rings. The molecule has 26 heavy (non-hydrogen) atoms. The molecule has 1 saturated heterocycles. The van der Waals surface area contributed by atoms with E-state index >= 15 is 0 Å². The number of benzene rings is 1. The second-order valence-electron chi connectivity index (χ2n) is 6.96. The Morgan fingerprint density at radius 3 is 2.77 bits per heavy atom. The average Bonchev–Trinajstić information content (AvgIpc) is 2.57. The third kappa shape index (κ3) is 3.84. The number of aromatic amines is 1. The van der Waals surface area contributed by atoms with Gasteiger partial charge in [0.15, 0.2) is 0 Å². The monoisotopic (exact) mass is 357 g/mol. The number of carbonyl (C=O) groups is 1. The van der Waals surface area contributed by atoms with Gasteiger partial charge in [-0.1, -0.05) is 30.3 Å². The summed E-state index contributed by atoms with van der Waals surface area (Å²) < 4.78 is 0. The van der Waals surface area contributed by atoms with E-state index in [4.69, 9.17) is 0 Å². The van der Waals surface area contributed by atoms with Crippen molar-refractivity contribution in [3.8, 4) is 0 Å². The van der Waals surface area contributed by atoms with Crippen molar-refractivity contribution in [2.45, 2.75) is 32.4 Å². The molecule has 2 aromatic rings. The van der Waals surface area contributed by atoms with Crippen molar-refractivity contribution in [3.63, 3.8) is 0 Å². The Bertz CT molecular complexity index is 836. The van der Waals surface area contributed by atoms with Gasteiger partial charge in [0.1, 0.15) is 11.2 Å². The van der Waals surface area contributed by atoms with Gasteiger partial charge >= 0.3 is 5.97 Å². The van der Waals surface area contributed by atoms with E-state index in [1.165, 1.54) is 6.07 Å². The molecule has 1 aromatic carbocycles. The van der Waals surface area contributed by atoms with Crippen molar-refractivity contribution in [1.82, 2.24) is 14.9 Å². The smallest absolute Gasteiger partial charge is 0.313 e. The first-order valence-corrected chi connectivity index (χ1v) is 8.64. The minimum atomic E-state index is -1.28. The Kier molecular flexibility index (Phi) is 5.20. The highest BCUT2D eigenvalue weighted by Gasteiger charge is 2.49. The van der Waals surface area contributed by atoms with Crippen molar-refractivity contribution in [3.05, 3.63) is 63.8 Å². The summed E-state index contributed by atoms with van der Waals surface area (Å²) in [5, 5.41) is 20.5. The number of carboxylic acids is 1. The number of aliphatic carboxylic acids is 1. The van der Waals surface area contributed by atoms with E-state index in [2.05, 4.69) is 9.97 Å². The lowest BCUT2D eigenvalue weighted by molar-refractivity contribution is -0.163. The summed E-state index contributed by atoms with van der Waals surface area (Å²) in [6.45, 7) is 2.84. The molecule has 0 bridgehead atoms. The molecule has 7 heteroatoms. The number of H-pyrrole nitrogens is 1. The summed E-state index contributed by atoms with van der Waals surface area (Å²) in [7, 11) is 0. The number of aromatic nitrogens is 2. The van der Waals surface area contributed by atoms with Crippen molar-refractivity contribution >= 4 is 5.97 Å². The van der Waals surface area contributed by atoms with Crippen LogP contribution in [0.15, 0.2) is 41.2 Å². The number of hydrogen-bond donors (Lipinski definition) is 3. The maximum atomic E-state index is 12.1. The second kappa shape index (κ2) is 7.39. The average molecular weight is 357 g/mol. The number of nitrogens with zero attached hydrogens (tertiary/aromatic N) is 2. The Morgan fingerprint density at radius 1 is 1.38 bits per heavy atom. The molecule has 2 atom stereocenters. The highest BCUT2D eigenvalue weighted by molar-refractivity contribution is 5.76. The van der Waals surface area contributed by atoms with E-state index in [9.17, 15) is 19.8 Å². The first kappa shape index (κ1) is 18.3. The first-order valence-electron chi connectivity index (χ1n) is 8.64. The standard InChI is InChI=1S/C19H23N3O4/c1-13-20-15(9-17(24)21-13)11-22-8-7-16(23)19(12-22,18(25)26)10-14-5-3-2-4-6-14/h2-6,9,16,23H,7-8,10-12H2,1H3,(H,25,26)(H,20,21,24)/t16-,19+/m0/s1. The highest BCUT2D eigenvalue weighted by Crippen LogP contribution is 2.35. The van der Waals surface area contributed by atoms with Crippen LogP contribution in [0.1, 0.15) is 23.5 Å². The van der Waals surface area contributed by atoms with Crippen LogP contribution in [0, 0.1) is 12.3 Å². The molecule has 1 aromatic heterocycles. The number of likely N-dealkylation sites (tertiary alicyclic amines) is 1. The molecule has 1 aliphatic heterocycles. The largest absolute Gasteiger partial charge is 0.481 e. The van der Waals surface area contributed by atoms with Gasteiger partial charge in [-0.15, -0.1) is 0 Å². The van der Waals surface area contributed by atoms with Gasteiger partial charge in [0.05, 0.1) is 11.8 Å². The Labute approximate surface area is 151 Å². The zero-order valence-corrected chi connectivity index (χ0v) is 14.7. The Morgan fingerprint density at radius 2 is 2.12 bits per heavy atom. The molecular weight excluding hydrogens is 334 g/mol. The van der Waals surface area contributed by atoms with Crippen LogP contribution in [0.25, 0.3) is 0 Å². The molecule has 2 heterocycles. The summed E-state index contributed by atoms with van der Waals surface area (Å²) >= 11 is 0. The number of carboxylic acid groups (broad SMARTS) is 1. The van der Waals surface area contributed by atoms with Gasteiger partial charge in [-0.05, 0) is 25.3 Å². The van der Waals surface area contributed by atoms with E-state index in [0.29, 0.717) is 31.0 Å². The number of hydrogen-bond acceptors (Lipinski definition) is 5. The molecule has 3 N–H and O–H groups in total. The number of aliphatic hydroxyl groups is 1. The number of rotatable bonds is 5. The molecule has 1 aliphatic rings. The summed E-state index contributed by atoms with van der Waals surface area (Å²) in [5.41, 5.74) is -0.0311. The molecule has 0 unspecified atom stereocenters. The topological polar surface area (TPSA) is 107 Å². The van der Waals surface area contributed by atoms with E-state index in [-0.39, 0.29) is 18.5 Å². The van der Waals surface area contributed by atoms with Gasteiger partial charge in [0.2, 0.25) is 0 Å². The zero-order chi connectivity index (χ0) is 18.7. The van der Waals surface area contributed by atoms with Crippen molar-refractivity contribution in [2.75, 3.05) is 13.1 Å². The van der Waals surface area contributed by atoms with Crippen LogP contribution in [-0.4, -0.2) is 50.2 Å². The fourth-order valence-corrected chi connectivity index (χ4v) is 3.67. The minimum absolute atomic E-state index is 0.200. The maximum Gasteiger partial charge on any atom is 0.313 e. The van der Waals surface area contributed by atoms with Gasteiger partial charge in [-0.25, -0.2) is 4.98 Å². The van der Waals surface area contributed by atoms with Crippen molar-refractivity contribution in [2.24, 2.45) is 5.41 Å². The zero-order valence-electron chi connectivity index (χ0n) is 14.7. The normalized spacial score (nSPS) is 23.7. The summed E-state index contributed by atoms with van der Waals surface area (Å²) in [4.78, 5) is 32.6. The highest BCUT2D eigenvalue weighted by atomic mass is 16.4. The van der Waals surface area contributed by atoms with E-state index in [1.807, 2.05) is 35.2 Å². The fraction of sp³-hybridized carbons (Fsp3) is 0.421. The van der Waals surface area contributed by atoms with Crippen LogP contribution < -0.4 is 5.56 Å². The van der Waals surface area contributed by atoms with Crippen LogP contribution in [0.2, 0.25) is 0 Å². The predicted octanol–water partition coefficient (Wildman–Crippen LogP) is 0.959. The molecular formula is C19H23N3O4. The molecule has 138 valence electrons. The number of aryl methyl sites for hydroxylation is 1. The Hall–Kier alpha value is -2.51. The van der Waals surface area contributed by atoms with Crippen molar-refractivity contribution < 1.29 is 15.0 Å². The lowest BCUT2D eigenvalue weighted by Crippen LogP contribution is -2.56. The fourth-order valence-electron chi connectivity index (χ4n) is 3.67. The molecule has 3 rings (SSSR count). The number of piperidine rings is 1. The lowest BCUT2D eigenvalue weighted by atomic mass is 9.73. The second-order valence-corrected chi connectivity index (χ2v) is 6.96. The molecule has 0 spiro atoms. The van der Waals surface area contributed by atoms with Crippen LogP contribution in [0.5, 0.6) is 0 Å². The van der Waals surface area contributed by atoms with Crippen LogP contribution in [0.4, 0.5) is 0 Å². The van der Waals surface area contributed by atoms with Gasteiger partial charge in [0.25, 0.3) is 5.56 Å². The van der Waals surface area contributed by atoms with Gasteiger partial charge in [-0.3, -0.25) is 14.5 Å². The van der Waals surface area contributed by atoms with E-state index in [1.54, 1.807) is 6.92 Å². The lowest BCUT2D eigenvalue weighted by Gasteiger charge is -2.43. The summed E-state index contributed by atoms with van der Waals surface area (Å²) in [6.07, 6.45) is -0.311. The van der Waals surface area contributed by atoms with Gasteiger partial charge in [0, 0.05) is 25.7 Å². The molecule has 7 nitrogen and oxygen atoms in total. The van der Waals surface area contributed by atoms with Gasteiger partial charge in [-0.2, -0.15) is 0 Å². The Balaban J connectivity index is 1.84. The van der Waals surface area contributed by atoms with Crippen LogP contribution >= 0.6 is 0 Å². The third-order valence-corrected chi connectivity index (χ3v) is 4.95. The molecule has 0 radical (unpaired) electrons. The third-order valence-electron chi connectivity index (χ3n) is 4.95. The predicted molar refractivity (Wildman–Crippen MR) is 95.7 cm³/mol. The van der Waals surface area contributed by atoms with Crippen LogP contribution in [-0.2, 0) is 17.8 Å². The van der Waals surface area contributed by atoms with Crippen LogP contribution in [0.3, 0.4) is 0 Å². The SMILES string of the molecule is Cc1nc(CN2CC[C@H](O)[C@](Cc3ccccc3)(C(=O)O)C2)cc(=O)[nH]1. The van der Waals surface area contributed by atoms with E-state index in [0.717, 1.165) is 5.56 Å². The molecule has 0 saturated carbocycles. The summed E-state index contributed by atoms with van der Waals surface area (Å²) in [5.74, 6) is -0.480. The molecule has 0 amide bonds. The van der Waals surface area contributed by atoms with Gasteiger partial charge < -0.3 is 15.2 Å². The quantitative estimate of drug-likeness (QED) is 0.736. The van der Waals surface area contributed by atoms with Crippen molar-refractivity contribution in [1.29, 1.82) is 0 Å². The summed E-state index contributed by atoms with van der Waals surface area (Å²) in [6, 6.07) is 10.8.